The molecule has 0 spiro atoms. The molecule has 238 valence electrons. The highest BCUT2D eigenvalue weighted by atomic mass is 16.5. The lowest BCUT2D eigenvalue weighted by Gasteiger charge is -2.30. The van der Waals surface area contributed by atoms with E-state index in [2.05, 4.69) is 44.6 Å². The zero-order chi connectivity index (χ0) is 32.0. The number of rotatable bonds is 12. The quantitative estimate of drug-likeness (QED) is 0.170. The fraction of sp³-hybridized carbons (Fsp3) is 0.297. The van der Waals surface area contributed by atoms with Crippen LogP contribution in [0.2, 0.25) is 0 Å². The van der Waals surface area contributed by atoms with E-state index in [0.717, 1.165) is 57.4 Å². The Morgan fingerprint density at radius 3 is 2.50 bits per heavy atom. The van der Waals surface area contributed by atoms with E-state index < -0.39 is 0 Å². The maximum atomic E-state index is 13.6. The van der Waals surface area contributed by atoms with Gasteiger partial charge in [0.2, 0.25) is 11.8 Å². The Labute approximate surface area is 269 Å². The lowest BCUT2D eigenvalue weighted by Crippen LogP contribution is -2.49. The van der Waals surface area contributed by atoms with E-state index in [4.69, 9.17) is 9.47 Å². The molecule has 9 nitrogen and oxygen atoms in total. The number of para-hydroxylation sites is 2. The molecule has 1 unspecified atom stereocenters. The van der Waals surface area contributed by atoms with Gasteiger partial charge in [0.25, 0.3) is 0 Å². The van der Waals surface area contributed by atoms with Crippen molar-refractivity contribution < 1.29 is 19.1 Å². The Hall–Kier alpha value is -5.02. The molecule has 3 heterocycles. The molecular weight excluding hydrogens is 578 g/mol. The largest absolute Gasteiger partial charge is 0.497 e. The number of nitrogens with one attached hydrogen (secondary N) is 3. The molecule has 0 bridgehead atoms. The van der Waals surface area contributed by atoms with Crippen molar-refractivity contribution in [3.8, 4) is 11.5 Å². The van der Waals surface area contributed by atoms with Crippen molar-refractivity contribution in [2.45, 2.75) is 32.4 Å². The number of methoxy groups -OCH3 is 2. The Bertz CT molecular complexity index is 1870. The summed E-state index contributed by atoms with van der Waals surface area (Å²) in [4.78, 5) is 37.1. The van der Waals surface area contributed by atoms with Crippen LogP contribution in [0.1, 0.15) is 30.0 Å². The van der Waals surface area contributed by atoms with Crippen LogP contribution in [-0.2, 0) is 22.6 Å². The number of amides is 2. The third-order valence-electron chi connectivity index (χ3n) is 8.84. The SMILES string of the molecule is COc1ccc2[nH]cc(C3=CCN(CC(=O)NC(Cc4c[nH]c5ccccc45)CN(Cc4ccccc4OC)C(C)=O)CC3)c2c1. The molecule has 1 aliphatic heterocycles. The summed E-state index contributed by atoms with van der Waals surface area (Å²) in [5.41, 5.74) is 6.58. The average molecular weight is 620 g/mol. The van der Waals surface area contributed by atoms with Gasteiger partial charge in [-0.15, -0.1) is 0 Å². The Morgan fingerprint density at radius 2 is 1.72 bits per heavy atom. The average Bonchev–Trinajstić information content (AvgIpc) is 3.68. The second-order valence-electron chi connectivity index (χ2n) is 11.9. The zero-order valence-corrected chi connectivity index (χ0v) is 26.6. The zero-order valence-electron chi connectivity index (χ0n) is 26.6. The van der Waals surface area contributed by atoms with Crippen molar-refractivity contribution in [2.75, 3.05) is 40.4 Å². The van der Waals surface area contributed by atoms with Crippen LogP contribution in [0.5, 0.6) is 11.5 Å². The molecular formula is C37H41N5O4. The van der Waals surface area contributed by atoms with Crippen molar-refractivity contribution in [3.63, 3.8) is 0 Å². The second kappa shape index (κ2) is 14.0. The summed E-state index contributed by atoms with van der Waals surface area (Å²) < 4.78 is 11.0. The summed E-state index contributed by atoms with van der Waals surface area (Å²) in [5.74, 6) is 1.44. The van der Waals surface area contributed by atoms with Crippen LogP contribution in [0.15, 0.2) is 85.2 Å². The maximum Gasteiger partial charge on any atom is 0.234 e. The standard InChI is InChI=1S/C37H41N5O4/c1-25(43)42(22-27-8-4-7-11-36(27)46-3)23-29(18-28-20-38-34-10-6-5-9-31(28)34)40-37(44)24-41-16-14-26(15-17-41)33-21-39-35-13-12-30(45-2)19-32(33)35/h4-14,19-21,29,38-39H,15-18,22-24H2,1-3H3,(H,40,44). The van der Waals surface area contributed by atoms with Crippen LogP contribution in [0.3, 0.4) is 0 Å². The third kappa shape index (κ3) is 6.94. The van der Waals surface area contributed by atoms with Crippen LogP contribution in [-0.4, -0.2) is 78.0 Å². The van der Waals surface area contributed by atoms with Crippen LogP contribution in [0.4, 0.5) is 0 Å². The van der Waals surface area contributed by atoms with Crippen LogP contribution >= 0.6 is 0 Å². The summed E-state index contributed by atoms with van der Waals surface area (Å²) in [7, 11) is 3.31. The van der Waals surface area contributed by atoms with Gasteiger partial charge in [0.1, 0.15) is 11.5 Å². The molecule has 6 rings (SSSR count). The van der Waals surface area contributed by atoms with Gasteiger partial charge >= 0.3 is 0 Å². The highest BCUT2D eigenvalue weighted by Crippen LogP contribution is 2.31. The van der Waals surface area contributed by atoms with Crippen LogP contribution < -0.4 is 14.8 Å². The minimum atomic E-state index is -0.289. The topological polar surface area (TPSA) is 103 Å². The van der Waals surface area contributed by atoms with Gasteiger partial charge in [-0.2, -0.15) is 0 Å². The number of aromatic amines is 2. The first-order valence-corrected chi connectivity index (χ1v) is 15.7. The predicted octanol–water partition coefficient (Wildman–Crippen LogP) is 5.53. The number of carbonyl (C=O) groups is 2. The Kier molecular flexibility index (Phi) is 9.40. The van der Waals surface area contributed by atoms with Crippen molar-refractivity contribution >= 4 is 39.2 Å². The third-order valence-corrected chi connectivity index (χ3v) is 8.84. The highest BCUT2D eigenvalue weighted by molar-refractivity contribution is 5.93. The molecule has 0 saturated carbocycles. The van der Waals surface area contributed by atoms with Gasteiger partial charge in [-0.25, -0.2) is 0 Å². The fourth-order valence-corrected chi connectivity index (χ4v) is 6.41. The second-order valence-corrected chi connectivity index (χ2v) is 11.9. The van der Waals surface area contributed by atoms with Gasteiger partial charge in [0.15, 0.2) is 0 Å². The number of ether oxygens (including phenoxy) is 2. The molecule has 0 fully saturated rings. The van der Waals surface area contributed by atoms with Gasteiger partial charge in [-0.3, -0.25) is 14.5 Å². The number of nitrogens with zero attached hydrogens (tertiary/aromatic N) is 2. The Morgan fingerprint density at radius 1 is 0.935 bits per heavy atom. The molecule has 0 saturated heterocycles. The van der Waals surface area contributed by atoms with E-state index in [1.165, 1.54) is 11.1 Å². The predicted molar refractivity (Wildman–Crippen MR) is 182 cm³/mol. The van der Waals surface area contributed by atoms with Crippen LogP contribution in [0.25, 0.3) is 27.4 Å². The molecule has 9 heteroatoms. The smallest absolute Gasteiger partial charge is 0.234 e. The van der Waals surface area contributed by atoms with E-state index in [0.29, 0.717) is 26.1 Å². The lowest BCUT2D eigenvalue weighted by molar-refractivity contribution is -0.131. The molecule has 0 radical (unpaired) electrons. The summed E-state index contributed by atoms with van der Waals surface area (Å²) in [6, 6.07) is 21.6. The first kappa shape index (κ1) is 31.0. The maximum absolute atomic E-state index is 13.6. The summed E-state index contributed by atoms with van der Waals surface area (Å²) in [6.45, 7) is 4.06. The van der Waals surface area contributed by atoms with Crippen molar-refractivity contribution in [1.29, 1.82) is 0 Å². The van der Waals surface area contributed by atoms with Crippen molar-refractivity contribution in [1.82, 2.24) is 25.1 Å². The van der Waals surface area contributed by atoms with Gasteiger partial charge in [-0.05, 0) is 54.3 Å². The van der Waals surface area contributed by atoms with Crippen molar-refractivity contribution in [2.24, 2.45) is 0 Å². The monoisotopic (exact) mass is 619 g/mol. The molecule has 3 aromatic carbocycles. The van der Waals surface area contributed by atoms with E-state index in [9.17, 15) is 9.59 Å². The van der Waals surface area contributed by atoms with E-state index in [-0.39, 0.29) is 24.4 Å². The number of hydrogen-bond donors (Lipinski definition) is 3. The summed E-state index contributed by atoms with van der Waals surface area (Å²) in [6.07, 6.45) is 7.69. The Balaban J connectivity index is 1.16. The number of aromatic nitrogens is 2. The molecule has 46 heavy (non-hydrogen) atoms. The van der Waals surface area contributed by atoms with E-state index in [1.54, 1.807) is 26.0 Å². The van der Waals surface area contributed by atoms with Gasteiger partial charge < -0.3 is 29.7 Å². The fourth-order valence-electron chi connectivity index (χ4n) is 6.41. The van der Waals surface area contributed by atoms with Crippen LogP contribution in [0, 0.1) is 0 Å². The van der Waals surface area contributed by atoms with Gasteiger partial charge in [0.05, 0.1) is 26.8 Å². The number of hydrogen-bond acceptors (Lipinski definition) is 5. The molecule has 0 aliphatic carbocycles. The van der Waals surface area contributed by atoms with Gasteiger partial charge in [-0.1, -0.05) is 42.5 Å². The van der Waals surface area contributed by atoms with Crippen molar-refractivity contribution in [3.05, 3.63) is 102 Å². The number of benzene rings is 3. The minimum absolute atomic E-state index is 0.0562. The van der Waals surface area contributed by atoms with E-state index in [1.807, 2.05) is 60.8 Å². The molecule has 5 aromatic rings. The number of H-pyrrole nitrogens is 2. The lowest BCUT2D eigenvalue weighted by atomic mass is 9.98. The minimum Gasteiger partial charge on any atom is -0.497 e. The summed E-state index contributed by atoms with van der Waals surface area (Å²) >= 11 is 0. The molecule has 3 N–H and O–H groups in total. The number of carbonyl (C=O) groups excluding carboxylic acids is 2. The molecule has 1 aliphatic rings. The normalized spacial score (nSPS) is 14.2. The first-order chi connectivity index (χ1) is 22.4. The molecule has 1 atom stereocenters. The first-order valence-electron chi connectivity index (χ1n) is 15.7. The van der Waals surface area contributed by atoms with E-state index >= 15 is 0 Å². The molecule has 2 amide bonds. The number of fused-ring (bicyclic) bond motifs is 2. The highest BCUT2D eigenvalue weighted by Gasteiger charge is 2.24. The molecule has 2 aromatic heterocycles. The van der Waals surface area contributed by atoms with Gasteiger partial charge in [0, 0.05) is 78.4 Å². The summed E-state index contributed by atoms with van der Waals surface area (Å²) in [5, 5.41) is 5.54.